The van der Waals surface area contributed by atoms with Crippen molar-refractivity contribution in [2.24, 2.45) is 5.73 Å². The maximum Gasteiger partial charge on any atom is 0.354 e. The van der Waals surface area contributed by atoms with E-state index in [1.165, 1.54) is 0 Å². The summed E-state index contributed by atoms with van der Waals surface area (Å²) in [4.78, 5) is 14.1. The number of carbonyl (C=O) groups excluding carboxylic acids is 1. The van der Waals surface area contributed by atoms with E-state index in [0.29, 0.717) is 18.8 Å². The maximum absolute atomic E-state index is 11.2. The quantitative estimate of drug-likeness (QED) is 0.707. The monoisotopic (exact) mass is 194 g/mol. The molecule has 0 saturated carbocycles. The highest BCUT2D eigenvalue weighted by Gasteiger charge is 2.07. The largest absolute Gasteiger partial charge is 0.461 e. The van der Waals surface area contributed by atoms with Gasteiger partial charge in [0.15, 0.2) is 0 Å². The summed E-state index contributed by atoms with van der Waals surface area (Å²) in [6.07, 6.45) is 5.40. The molecular weight excluding hydrogens is 180 g/mol. The minimum atomic E-state index is -0.333. The topological polar surface area (TPSA) is 68.1 Å². The van der Waals surface area contributed by atoms with Crippen molar-refractivity contribution in [3.8, 4) is 0 Å². The van der Waals surface area contributed by atoms with Crippen LogP contribution in [0.1, 0.15) is 23.0 Å². The van der Waals surface area contributed by atoms with Crippen LogP contribution in [-0.4, -0.2) is 24.1 Å². The highest BCUT2D eigenvalue weighted by atomic mass is 16.5. The smallest absolute Gasteiger partial charge is 0.354 e. The van der Waals surface area contributed by atoms with Crippen LogP contribution in [0, 0.1) is 0 Å². The van der Waals surface area contributed by atoms with Gasteiger partial charge in [-0.2, -0.15) is 0 Å². The molecule has 4 nitrogen and oxygen atoms in total. The zero-order valence-electron chi connectivity index (χ0n) is 8.12. The fourth-order valence-electron chi connectivity index (χ4n) is 1.04. The van der Waals surface area contributed by atoms with E-state index in [0.717, 1.165) is 5.56 Å². The summed E-state index contributed by atoms with van der Waals surface area (Å²) in [5, 5.41) is 0. The van der Waals surface area contributed by atoms with Crippen LogP contribution in [0.4, 0.5) is 0 Å². The number of aromatic amines is 1. The van der Waals surface area contributed by atoms with Crippen molar-refractivity contribution >= 4 is 12.0 Å². The predicted octanol–water partition coefficient (Wildman–Crippen LogP) is 1.16. The molecule has 1 rings (SSSR count). The second-order valence-electron chi connectivity index (χ2n) is 2.71. The molecule has 0 aliphatic heterocycles. The average Bonchev–Trinajstić information content (AvgIpc) is 2.63. The molecular formula is C10H14N2O2. The zero-order chi connectivity index (χ0) is 10.4. The van der Waals surface area contributed by atoms with Gasteiger partial charge >= 0.3 is 5.97 Å². The van der Waals surface area contributed by atoms with Gasteiger partial charge in [0.05, 0.1) is 6.61 Å². The van der Waals surface area contributed by atoms with E-state index in [4.69, 9.17) is 10.5 Å². The Hall–Kier alpha value is -1.55. The normalized spacial score (nSPS) is 10.7. The van der Waals surface area contributed by atoms with E-state index < -0.39 is 0 Å². The lowest BCUT2D eigenvalue weighted by Gasteiger charge is -1.96. The van der Waals surface area contributed by atoms with Crippen LogP contribution in [-0.2, 0) is 4.74 Å². The first kappa shape index (κ1) is 10.5. The molecule has 4 heteroatoms. The third-order valence-corrected chi connectivity index (χ3v) is 1.65. The van der Waals surface area contributed by atoms with Crippen molar-refractivity contribution in [1.29, 1.82) is 0 Å². The highest BCUT2D eigenvalue weighted by molar-refractivity contribution is 5.88. The first-order chi connectivity index (χ1) is 6.77. The number of aromatic nitrogens is 1. The summed E-state index contributed by atoms with van der Waals surface area (Å²) in [5.74, 6) is -0.333. The Morgan fingerprint density at radius 1 is 1.71 bits per heavy atom. The van der Waals surface area contributed by atoms with Crippen molar-refractivity contribution in [2.75, 3.05) is 13.2 Å². The Morgan fingerprint density at radius 3 is 3.14 bits per heavy atom. The first-order valence-corrected chi connectivity index (χ1v) is 4.50. The average molecular weight is 194 g/mol. The molecule has 0 aliphatic rings. The number of ether oxygens (including phenoxy) is 1. The van der Waals surface area contributed by atoms with Gasteiger partial charge in [-0.1, -0.05) is 12.2 Å². The third-order valence-electron chi connectivity index (χ3n) is 1.65. The summed E-state index contributed by atoms with van der Waals surface area (Å²) < 4.78 is 4.83. The molecule has 1 aromatic rings. The van der Waals surface area contributed by atoms with E-state index >= 15 is 0 Å². The lowest BCUT2D eigenvalue weighted by Crippen LogP contribution is -2.04. The van der Waals surface area contributed by atoms with Gasteiger partial charge < -0.3 is 15.5 Å². The van der Waals surface area contributed by atoms with Gasteiger partial charge in [-0.3, -0.25) is 0 Å². The van der Waals surface area contributed by atoms with Gasteiger partial charge in [0.2, 0.25) is 0 Å². The van der Waals surface area contributed by atoms with Crippen molar-refractivity contribution in [3.63, 3.8) is 0 Å². The second kappa shape index (κ2) is 5.24. The lowest BCUT2D eigenvalue weighted by atomic mass is 10.3. The molecule has 0 saturated heterocycles. The summed E-state index contributed by atoms with van der Waals surface area (Å²) in [7, 11) is 0. The van der Waals surface area contributed by atoms with Gasteiger partial charge in [0, 0.05) is 12.7 Å². The van der Waals surface area contributed by atoms with Crippen LogP contribution in [0.2, 0.25) is 0 Å². The number of nitrogens with one attached hydrogen (secondary N) is 1. The number of hydrogen-bond donors (Lipinski definition) is 2. The third kappa shape index (κ3) is 2.74. The maximum atomic E-state index is 11.2. The SMILES string of the molecule is CCOC(=O)c1cc(C=CCN)c[nH]1. The summed E-state index contributed by atoms with van der Waals surface area (Å²) in [6.45, 7) is 2.64. The van der Waals surface area contributed by atoms with Gasteiger partial charge in [0.1, 0.15) is 5.69 Å². The van der Waals surface area contributed by atoms with Gasteiger partial charge in [-0.15, -0.1) is 0 Å². The number of esters is 1. The molecule has 76 valence electrons. The Labute approximate surface area is 82.8 Å². The molecule has 0 atom stereocenters. The molecule has 0 amide bonds. The molecule has 0 unspecified atom stereocenters. The van der Waals surface area contributed by atoms with Crippen LogP contribution in [0.5, 0.6) is 0 Å². The van der Waals surface area contributed by atoms with Crippen LogP contribution >= 0.6 is 0 Å². The summed E-state index contributed by atoms with van der Waals surface area (Å²) in [5.41, 5.74) is 6.68. The van der Waals surface area contributed by atoms with E-state index in [-0.39, 0.29) is 5.97 Å². The van der Waals surface area contributed by atoms with Crippen molar-refractivity contribution in [3.05, 3.63) is 29.6 Å². The number of carbonyl (C=O) groups is 1. The van der Waals surface area contributed by atoms with Crippen molar-refractivity contribution in [2.45, 2.75) is 6.92 Å². The molecule has 0 radical (unpaired) electrons. The predicted molar refractivity (Wildman–Crippen MR) is 54.8 cm³/mol. The Bertz CT molecular complexity index is 329. The zero-order valence-corrected chi connectivity index (χ0v) is 8.12. The number of nitrogens with two attached hydrogens (primary N) is 1. The molecule has 0 aliphatic carbocycles. The summed E-state index contributed by atoms with van der Waals surface area (Å²) >= 11 is 0. The Balaban J connectivity index is 2.67. The second-order valence-corrected chi connectivity index (χ2v) is 2.71. The van der Waals surface area contributed by atoms with Gasteiger partial charge in [-0.05, 0) is 18.6 Å². The van der Waals surface area contributed by atoms with Crippen molar-refractivity contribution < 1.29 is 9.53 Å². The molecule has 0 fully saturated rings. The number of H-pyrrole nitrogens is 1. The van der Waals surface area contributed by atoms with E-state index in [2.05, 4.69) is 4.98 Å². The van der Waals surface area contributed by atoms with Crippen LogP contribution in [0.25, 0.3) is 6.08 Å². The molecule has 0 bridgehead atoms. The number of hydrogen-bond acceptors (Lipinski definition) is 3. The van der Waals surface area contributed by atoms with Crippen molar-refractivity contribution in [1.82, 2.24) is 4.98 Å². The van der Waals surface area contributed by atoms with E-state index in [1.807, 2.05) is 12.2 Å². The fourth-order valence-corrected chi connectivity index (χ4v) is 1.04. The van der Waals surface area contributed by atoms with Crippen LogP contribution in [0.15, 0.2) is 18.3 Å². The minimum absolute atomic E-state index is 0.333. The lowest BCUT2D eigenvalue weighted by molar-refractivity contribution is 0.0520. The first-order valence-electron chi connectivity index (χ1n) is 4.50. The molecule has 1 heterocycles. The number of rotatable bonds is 4. The fraction of sp³-hybridized carbons (Fsp3) is 0.300. The highest BCUT2D eigenvalue weighted by Crippen LogP contribution is 2.06. The molecule has 0 spiro atoms. The van der Waals surface area contributed by atoms with Gasteiger partial charge in [0.25, 0.3) is 0 Å². The van der Waals surface area contributed by atoms with E-state index in [9.17, 15) is 4.79 Å². The molecule has 14 heavy (non-hydrogen) atoms. The van der Waals surface area contributed by atoms with Gasteiger partial charge in [-0.25, -0.2) is 4.79 Å². The Morgan fingerprint density at radius 2 is 2.50 bits per heavy atom. The molecule has 3 N–H and O–H groups in total. The minimum Gasteiger partial charge on any atom is -0.461 e. The van der Waals surface area contributed by atoms with Crippen LogP contribution < -0.4 is 5.73 Å². The van der Waals surface area contributed by atoms with E-state index in [1.54, 1.807) is 19.2 Å². The standard InChI is InChI=1S/C10H14N2O2/c1-2-14-10(13)9-6-8(7-12-9)4-3-5-11/h3-4,6-7,12H,2,5,11H2,1H3. The van der Waals surface area contributed by atoms with Crippen LogP contribution in [0.3, 0.4) is 0 Å². The Kier molecular flexibility index (Phi) is 3.94. The molecule has 1 aromatic heterocycles. The molecule has 0 aromatic carbocycles. The summed E-state index contributed by atoms with van der Waals surface area (Å²) in [6, 6.07) is 1.73.